The average Bonchev–Trinajstić information content (AvgIpc) is 2.85. The van der Waals surface area contributed by atoms with E-state index in [9.17, 15) is 9.18 Å². The first-order chi connectivity index (χ1) is 16.5. The summed E-state index contributed by atoms with van der Waals surface area (Å²) >= 11 is 0. The van der Waals surface area contributed by atoms with Gasteiger partial charge >= 0.3 is 0 Å². The second-order valence-corrected chi connectivity index (χ2v) is 7.30. The van der Waals surface area contributed by atoms with Gasteiger partial charge in [-0.15, -0.1) is 0 Å². The molecule has 0 aliphatic carbocycles. The number of pyridine rings is 1. The van der Waals surface area contributed by atoms with E-state index >= 15 is 0 Å². The van der Waals surface area contributed by atoms with Gasteiger partial charge in [0.2, 0.25) is 5.91 Å². The molecule has 34 heavy (non-hydrogen) atoms. The van der Waals surface area contributed by atoms with E-state index in [1.807, 2.05) is 19.1 Å². The molecule has 178 valence electrons. The van der Waals surface area contributed by atoms with Crippen LogP contribution in [0.15, 0.2) is 67.0 Å². The molecule has 0 saturated heterocycles. The number of carbonyl (C=O) groups is 1. The fraction of sp³-hybridized carbons (Fsp3) is 0.231. The number of amides is 1. The molecule has 0 radical (unpaired) electrons. The first kappa shape index (κ1) is 24.7. The summed E-state index contributed by atoms with van der Waals surface area (Å²) < 4.78 is 35.9. The Morgan fingerprint density at radius 1 is 1.09 bits per heavy atom. The van der Waals surface area contributed by atoms with E-state index in [0.29, 0.717) is 36.0 Å². The second-order valence-electron chi connectivity index (χ2n) is 7.30. The molecule has 1 aromatic heterocycles. The van der Waals surface area contributed by atoms with Crippen LogP contribution in [0.25, 0.3) is 6.08 Å². The van der Waals surface area contributed by atoms with E-state index in [1.165, 1.54) is 30.5 Å². The van der Waals surface area contributed by atoms with Crippen molar-refractivity contribution in [3.8, 4) is 23.0 Å². The largest absolute Gasteiger partial charge is 0.493 e. The van der Waals surface area contributed by atoms with Crippen LogP contribution in [0, 0.1) is 5.82 Å². The zero-order chi connectivity index (χ0) is 24.3. The second kappa shape index (κ2) is 12.4. The number of aromatic nitrogens is 1. The van der Waals surface area contributed by atoms with Crippen molar-refractivity contribution in [2.45, 2.75) is 13.0 Å². The van der Waals surface area contributed by atoms with Crippen LogP contribution in [0.5, 0.6) is 23.0 Å². The van der Waals surface area contributed by atoms with E-state index in [0.717, 1.165) is 5.56 Å². The van der Waals surface area contributed by atoms with Crippen molar-refractivity contribution in [3.63, 3.8) is 0 Å². The van der Waals surface area contributed by atoms with E-state index in [2.05, 4.69) is 10.3 Å². The Labute approximate surface area is 198 Å². The molecule has 1 N–H and O–H groups in total. The van der Waals surface area contributed by atoms with Crippen LogP contribution in [0.1, 0.15) is 24.1 Å². The van der Waals surface area contributed by atoms with Crippen LogP contribution in [0.4, 0.5) is 4.39 Å². The summed E-state index contributed by atoms with van der Waals surface area (Å²) in [5.41, 5.74) is 1.37. The smallest absolute Gasteiger partial charge is 0.244 e. The van der Waals surface area contributed by atoms with Crippen LogP contribution < -0.4 is 19.5 Å². The average molecular weight is 467 g/mol. The summed E-state index contributed by atoms with van der Waals surface area (Å²) in [6.07, 6.45) is 5.99. The number of hydrogen-bond acceptors (Lipinski definition) is 6. The van der Waals surface area contributed by atoms with Gasteiger partial charge in [-0.05, 0) is 60.5 Å². The predicted octanol–water partition coefficient (Wildman–Crippen LogP) is 4.94. The molecule has 1 atom stereocenters. The van der Waals surface area contributed by atoms with Crippen LogP contribution in [-0.4, -0.2) is 38.3 Å². The molecular formula is C26H27FN2O5. The minimum Gasteiger partial charge on any atom is -0.493 e. The lowest BCUT2D eigenvalue weighted by Gasteiger charge is -2.16. The van der Waals surface area contributed by atoms with E-state index in [1.54, 1.807) is 44.7 Å². The molecule has 0 bridgehead atoms. The standard InChI is InChI=1S/C26H27FN2O5/c1-18(20-8-10-24(25(16-20)32-3)33-14-13-31-2)29-26(30)11-7-19-6-9-23(22(27)15-19)34-21-5-4-12-28-17-21/h4-12,15-18H,13-14H2,1-3H3,(H,29,30)/b11-7+. The van der Waals surface area contributed by atoms with Crippen molar-refractivity contribution in [3.05, 3.63) is 83.9 Å². The van der Waals surface area contributed by atoms with Gasteiger partial charge in [-0.25, -0.2) is 4.39 Å². The zero-order valence-corrected chi connectivity index (χ0v) is 19.3. The number of nitrogens with one attached hydrogen (secondary N) is 1. The third kappa shape index (κ3) is 7.05. The molecule has 0 aliphatic heterocycles. The van der Waals surface area contributed by atoms with Gasteiger partial charge in [0.1, 0.15) is 12.4 Å². The topological polar surface area (TPSA) is 78.9 Å². The minimum atomic E-state index is -0.542. The molecular weight excluding hydrogens is 439 g/mol. The maximum Gasteiger partial charge on any atom is 0.244 e. The van der Waals surface area contributed by atoms with Crippen molar-refractivity contribution in [2.24, 2.45) is 0 Å². The number of ether oxygens (including phenoxy) is 4. The summed E-state index contributed by atoms with van der Waals surface area (Å²) in [7, 11) is 3.16. The number of nitrogens with zero attached hydrogens (tertiary/aromatic N) is 1. The SMILES string of the molecule is COCCOc1ccc(C(C)NC(=O)/C=C/c2ccc(Oc3cccnc3)c(F)c2)cc1OC. The molecule has 7 nitrogen and oxygen atoms in total. The molecule has 3 aromatic rings. The molecule has 2 aromatic carbocycles. The Hall–Kier alpha value is -3.91. The highest BCUT2D eigenvalue weighted by molar-refractivity contribution is 5.92. The highest BCUT2D eigenvalue weighted by atomic mass is 19.1. The summed E-state index contributed by atoms with van der Waals surface area (Å²) in [4.78, 5) is 16.3. The predicted molar refractivity (Wildman–Crippen MR) is 127 cm³/mol. The lowest BCUT2D eigenvalue weighted by Crippen LogP contribution is -2.24. The van der Waals surface area contributed by atoms with E-state index in [-0.39, 0.29) is 17.7 Å². The first-order valence-electron chi connectivity index (χ1n) is 10.7. The molecule has 8 heteroatoms. The minimum absolute atomic E-state index is 0.0758. The third-order valence-electron chi connectivity index (χ3n) is 4.84. The van der Waals surface area contributed by atoms with Crippen LogP contribution in [-0.2, 0) is 9.53 Å². The van der Waals surface area contributed by atoms with Crippen molar-refractivity contribution >= 4 is 12.0 Å². The fourth-order valence-corrected chi connectivity index (χ4v) is 3.06. The molecule has 1 unspecified atom stereocenters. The van der Waals surface area contributed by atoms with Crippen molar-refractivity contribution < 1.29 is 28.1 Å². The van der Waals surface area contributed by atoms with Crippen LogP contribution in [0.3, 0.4) is 0 Å². The third-order valence-corrected chi connectivity index (χ3v) is 4.84. The highest BCUT2D eigenvalue weighted by Gasteiger charge is 2.12. The number of rotatable bonds is 11. The molecule has 1 heterocycles. The lowest BCUT2D eigenvalue weighted by atomic mass is 10.1. The van der Waals surface area contributed by atoms with Gasteiger partial charge in [-0.2, -0.15) is 0 Å². The highest BCUT2D eigenvalue weighted by Crippen LogP contribution is 2.30. The summed E-state index contributed by atoms with van der Waals surface area (Å²) in [5.74, 6) is 0.813. The number of methoxy groups -OCH3 is 2. The number of halogens is 1. The van der Waals surface area contributed by atoms with Gasteiger partial charge in [0.05, 0.1) is 26.0 Å². The zero-order valence-electron chi connectivity index (χ0n) is 19.3. The van der Waals surface area contributed by atoms with E-state index in [4.69, 9.17) is 18.9 Å². The summed E-state index contributed by atoms with van der Waals surface area (Å²) in [6.45, 7) is 2.73. The van der Waals surface area contributed by atoms with Crippen molar-refractivity contribution in [2.75, 3.05) is 27.4 Å². The Morgan fingerprint density at radius 3 is 2.62 bits per heavy atom. The maximum absolute atomic E-state index is 14.4. The summed E-state index contributed by atoms with van der Waals surface area (Å²) in [6, 6.07) is 13.0. The fourth-order valence-electron chi connectivity index (χ4n) is 3.06. The van der Waals surface area contributed by atoms with Crippen LogP contribution in [0.2, 0.25) is 0 Å². The Balaban J connectivity index is 1.59. The van der Waals surface area contributed by atoms with Crippen LogP contribution >= 0.6 is 0 Å². The monoisotopic (exact) mass is 466 g/mol. The van der Waals surface area contributed by atoms with E-state index < -0.39 is 5.82 Å². The molecule has 0 aliphatic rings. The lowest BCUT2D eigenvalue weighted by molar-refractivity contribution is -0.117. The number of carbonyl (C=O) groups excluding carboxylic acids is 1. The molecule has 3 rings (SSSR count). The van der Waals surface area contributed by atoms with Gasteiger partial charge in [-0.1, -0.05) is 12.1 Å². The maximum atomic E-state index is 14.4. The molecule has 0 spiro atoms. The Bertz CT molecular complexity index is 1120. The summed E-state index contributed by atoms with van der Waals surface area (Å²) in [5, 5.41) is 2.88. The van der Waals surface area contributed by atoms with Gasteiger partial charge in [0.25, 0.3) is 0 Å². The van der Waals surface area contributed by atoms with Crippen molar-refractivity contribution in [1.82, 2.24) is 10.3 Å². The quantitative estimate of drug-likeness (QED) is 0.319. The molecule has 1 amide bonds. The van der Waals surface area contributed by atoms with Gasteiger partial charge in [0, 0.05) is 19.4 Å². The van der Waals surface area contributed by atoms with Gasteiger partial charge in [-0.3, -0.25) is 9.78 Å². The van der Waals surface area contributed by atoms with Crippen molar-refractivity contribution in [1.29, 1.82) is 0 Å². The molecule has 0 fully saturated rings. The molecule has 0 saturated carbocycles. The normalized spacial score (nSPS) is 11.8. The number of hydrogen-bond donors (Lipinski definition) is 1. The van der Waals surface area contributed by atoms with Gasteiger partial charge < -0.3 is 24.3 Å². The number of benzene rings is 2. The Kier molecular flexibility index (Phi) is 8.99. The van der Waals surface area contributed by atoms with Gasteiger partial charge in [0.15, 0.2) is 23.1 Å². The first-order valence-corrected chi connectivity index (χ1v) is 10.7. The Morgan fingerprint density at radius 2 is 1.91 bits per heavy atom.